The SMILES string of the molecule is CCO[Si]CCCC(CC(=O)O)C(=O)O. The van der Waals surface area contributed by atoms with Gasteiger partial charge in [-0.2, -0.15) is 0 Å². The number of hydrogen-bond donors (Lipinski definition) is 2. The number of carboxylic acid groups (broad SMARTS) is 2. The summed E-state index contributed by atoms with van der Waals surface area (Å²) in [5, 5.41) is 17.2. The summed E-state index contributed by atoms with van der Waals surface area (Å²) in [4.78, 5) is 21.0. The molecule has 0 aromatic heterocycles. The smallest absolute Gasteiger partial charge is 0.307 e. The topological polar surface area (TPSA) is 83.8 Å². The van der Waals surface area contributed by atoms with Gasteiger partial charge in [-0.1, -0.05) is 6.42 Å². The summed E-state index contributed by atoms with van der Waals surface area (Å²) < 4.78 is 5.12. The maximum absolute atomic E-state index is 10.7. The molecule has 15 heavy (non-hydrogen) atoms. The van der Waals surface area contributed by atoms with Crippen molar-refractivity contribution in [3.05, 3.63) is 0 Å². The lowest BCUT2D eigenvalue weighted by molar-refractivity contribution is -0.148. The Morgan fingerprint density at radius 3 is 2.53 bits per heavy atom. The van der Waals surface area contributed by atoms with E-state index in [1.165, 1.54) is 0 Å². The van der Waals surface area contributed by atoms with Crippen LogP contribution in [0.25, 0.3) is 0 Å². The maximum atomic E-state index is 10.7. The van der Waals surface area contributed by atoms with Crippen molar-refractivity contribution in [1.29, 1.82) is 0 Å². The minimum atomic E-state index is -1.06. The van der Waals surface area contributed by atoms with Crippen LogP contribution in [-0.4, -0.2) is 38.5 Å². The molecule has 0 aliphatic heterocycles. The molecule has 0 saturated heterocycles. The van der Waals surface area contributed by atoms with Gasteiger partial charge < -0.3 is 14.6 Å². The molecule has 0 aliphatic rings. The van der Waals surface area contributed by atoms with Crippen LogP contribution in [0.15, 0.2) is 0 Å². The maximum Gasteiger partial charge on any atom is 0.307 e. The summed E-state index contributed by atoms with van der Waals surface area (Å²) >= 11 is 0. The molecule has 6 heteroatoms. The van der Waals surface area contributed by atoms with Crippen molar-refractivity contribution >= 4 is 21.7 Å². The molecule has 1 unspecified atom stereocenters. The van der Waals surface area contributed by atoms with Crippen LogP contribution in [0, 0.1) is 5.92 Å². The van der Waals surface area contributed by atoms with Crippen molar-refractivity contribution in [3.8, 4) is 0 Å². The van der Waals surface area contributed by atoms with Gasteiger partial charge in [-0.05, 0) is 19.4 Å². The number of hydrogen-bond acceptors (Lipinski definition) is 3. The predicted molar refractivity (Wildman–Crippen MR) is 54.8 cm³/mol. The van der Waals surface area contributed by atoms with Crippen LogP contribution < -0.4 is 0 Å². The summed E-state index contributed by atoms with van der Waals surface area (Å²) in [5.41, 5.74) is 0. The van der Waals surface area contributed by atoms with Gasteiger partial charge in [0.1, 0.15) is 0 Å². The summed E-state index contributed by atoms with van der Waals surface area (Å²) in [7, 11) is 0.381. The Kier molecular flexibility index (Phi) is 7.93. The van der Waals surface area contributed by atoms with E-state index in [-0.39, 0.29) is 6.42 Å². The number of aliphatic carboxylic acids is 2. The molecule has 2 radical (unpaired) electrons. The Balaban J connectivity index is 3.67. The lowest BCUT2D eigenvalue weighted by Crippen LogP contribution is -2.17. The molecule has 0 fully saturated rings. The van der Waals surface area contributed by atoms with Gasteiger partial charge in [-0.15, -0.1) is 0 Å². The molecule has 1 atom stereocenters. The molecule has 2 N–H and O–H groups in total. The Morgan fingerprint density at radius 1 is 1.40 bits per heavy atom. The van der Waals surface area contributed by atoms with Gasteiger partial charge in [0.2, 0.25) is 9.76 Å². The first kappa shape index (κ1) is 14.1. The zero-order valence-corrected chi connectivity index (χ0v) is 9.73. The van der Waals surface area contributed by atoms with Crippen LogP contribution in [0.5, 0.6) is 0 Å². The van der Waals surface area contributed by atoms with Gasteiger partial charge in [-0.25, -0.2) is 0 Å². The summed E-state index contributed by atoms with van der Waals surface area (Å²) in [6.45, 7) is 2.56. The van der Waals surface area contributed by atoms with Gasteiger partial charge in [0.25, 0.3) is 0 Å². The molecular formula is C9H16O5Si. The first-order valence-electron chi connectivity index (χ1n) is 4.87. The van der Waals surface area contributed by atoms with Crippen molar-refractivity contribution in [1.82, 2.24) is 0 Å². The highest BCUT2D eigenvalue weighted by Crippen LogP contribution is 2.13. The third kappa shape index (κ3) is 8.13. The van der Waals surface area contributed by atoms with E-state index in [1.807, 2.05) is 6.92 Å². The highest BCUT2D eigenvalue weighted by atomic mass is 28.2. The minimum Gasteiger partial charge on any atom is -0.481 e. The molecule has 5 nitrogen and oxygen atoms in total. The fourth-order valence-electron chi connectivity index (χ4n) is 1.12. The van der Waals surface area contributed by atoms with Gasteiger partial charge in [0.05, 0.1) is 12.3 Å². The number of carboxylic acids is 2. The third-order valence-corrected chi connectivity index (χ3v) is 2.90. The van der Waals surface area contributed by atoms with Gasteiger partial charge in [0.15, 0.2) is 0 Å². The Hall–Kier alpha value is -0.883. The Morgan fingerprint density at radius 2 is 2.07 bits per heavy atom. The molecular weight excluding hydrogens is 216 g/mol. The zero-order chi connectivity index (χ0) is 11.7. The highest BCUT2D eigenvalue weighted by Gasteiger charge is 2.20. The summed E-state index contributed by atoms with van der Waals surface area (Å²) in [5.74, 6) is -2.86. The van der Waals surface area contributed by atoms with Crippen LogP contribution in [-0.2, 0) is 14.0 Å². The van der Waals surface area contributed by atoms with Crippen molar-refractivity contribution in [2.45, 2.75) is 32.2 Å². The lowest BCUT2D eigenvalue weighted by atomic mass is 10.0. The van der Waals surface area contributed by atoms with Crippen molar-refractivity contribution in [3.63, 3.8) is 0 Å². The van der Waals surface area contributed by atoms with Gasteiger partial charge in [-0.3, -0.25) is 9.59 Å². The van der Waals surface area contributed by atoms with Gasteiger partial charge >= 0.3 is 11.9 Å². The van der Waals surface area contributed by atoms with Crippen molar-refractivity contribution in [2.24, 2.45) is 5.92 Å². The Bertz CT molecular complexity index is 207. The molecule has 0 saturated carbocycles. The van der Waals surface area contributed by atoms with Crippen LogP contribution in [0.4, 0.5) is 0 Å². The quantitative estimate of drug-likeness (QED) is 0.458. The second kappa shape index (κ2) is 8.43. The Labute approximate surface area is 91.4 Å². The summed E-state index contributed by atoms with van der Waals surface area (Å²) in [6.07, 6.45) is 0.803. The number of carbonyl (C=O) groups is 2. The summed E-state index contributed by atoms with van der Waals surface area (Å²) in [6, 6.07) is 0.803. The van der Waals surface area contributed by atoms with Crippen molar-refractivity contribution < 1.29 is 24.2 Å². The van der Waals surface area contributed by atoms with E-state index in [0.29, 0.717) is 29.2 Å². The van der Waals surface area contributed by atoms with Crippen LogP contribution in [0.3, 0.4) is 0 Å². The first-order chi connectivity index (χ1) is 7.07. The molecule has 0 heterocycles. The van der Waals surface area contributed by atoms with Crippen LogP contribution in [0.2, 0.25) is 6.04 Å². The molecule has 0 aliphatic carbocycles. The van der Waals surface area contributed by atoms with Crippen molar-refractivity contribution in [2.75, 3.05) is 6.61 Å². The van der Waals surface area contributed by atoms with E-state index in [0.717, 1.165) is 6.04 Å². The standard InChI is InChI=1S/C9H16O5Si/c1-2-14-15-5-3-4-7(9(12)13)6-8(10)11/h7H,2-6H2,1H3,(H,10,11)(H,12,13). The lowest BCUT2D eigenvalue weighted by Gasteiger charge is -2.08. The molecule has 0 spiro atoms. The average molecular weight is 232 g/mol. The average Bonchev–Trinajstić information content (AvgIpc) is 2.15. The largest absolute Gasteiger partial charge is 0.481 e. The normalized spacial score (nSPS) is 12.3. The molecule has 86 valence electrons. The van der Waals surface area contributed by atoms with E-state index in [2.05, 4.69) is 0 Å². The fourth-order valence-corrected chi connectivity index (χ4v) is 1.82. The second-order valence-corrected chi connectivity index (χ2v) is 4.18. The first-order valence-corrected chi connectivity index (χ1v) is 5.98. The highest BCUT2D eigenvalue weighted by molar-refractivity contribution is 6.26. The van der Waals surface area contributed by atoms with E-state index in [9.17, 15) is 9.59 Å². The monoisotopic (exact) mass is 232 g/mol. The molecule has 0 rings (SSSR count). The molecule has 0 aromatic carbocycles. The van der Waals surface area contributed by atoms with E-state index < -0.39 is 17.9 Å². The molecule has 0 aromatic rings. The van der Waals surface area contributed by atoms with E-state index in [1.54, 1.807) is 0 Å². The number of rotatable bonds is 9. The van der Waals surface area contributed by atoms with Crippen LogP contribution in [0.1, 0.15) is 26.2 Å². The molecule has 0 bridgehead atoms. The zero-order valence-electron chi connectivity index (χ0n) is 8.73. The molecule has 0 amide bonds. The van der Waals surface area contributed by atoms with E-state index >= 15 is 0 Å². The third-order valence-electron chi connectivity index (χ3n) is 1.85. The van der Waals surface area contributed by atoms with Crippen LogP contribution >= 0.6 is 0 Å². The minimum absolute atomic E-state index is 0.299. The van der Waals surface area contributed by atoms with E-state index in [4.69, 9.17) is 14.6 Å². The fraction of sp³-hybridized carbons (Fsp3) is 0.778. The second-order valence-electron chi connectivity index (χ2n) is 3.10. The predicted octanol–water partition coefficient (Wildman–Crippen LogP) is 1.02. The van der Waals surface area contributed by atoms with Gasteiger partial charge in [0, 0.05) is 6.61 Å².